The molecule has 0 aliphatic heterocycles. The SMILES string of the molecule is C[C@H](c1ccc(Cl)cc1)N(C)C(=O)Cn1ccc(=O)c2ccccc21. The fraction of sp³-hybridized carbons (Fsp3) is 0.200. The van der Waals surface area contributed by atoms with Gasteiger partial charge in [-0.1, -0.05) is 35.9 Å². The fourth-order valence-corrected chi connectivity index (χ4v) is 2.96. The molecule has 0 N–H and O–H groups in total. The van der Waals surface area contributed by atoms with Crippen molar-refractivity contribution in [3.8, 4) is 0 Å². The summed E-state index contributed by atoms with van der Waals surface area (Å²) in [5, 5.41) is 1.29. The van der Waals surface area contributed by atoms with Crippen molar-refractivity contribution in [1.82, 2.24) is 9.47 Å². The molecular weight excluding hydrogens is 336 g/mol. The number of carbonyl (C=O) groups is 1. The molecule has 5 heteroatoms. The van der Waals surface area contributed by atoms with Crippen molar-refractivity contribution in [1.29, 1.82) is 0 Å². The summed E-state index contributed by atoms with van der Waals surface area (Å²) in [5.74, 6) is -0.0312. The summed E-state index contributed by atoms with van der Waals surface area (Å²) >= 11 is 5.92. The van der Waals surface area contributed by atoms with Crippen LogP contribution in [0.3, 0.4) is 0 Å². The predicted octanol–water partition coefficient (Wildman–Crippen LogP) is 3.87. The average molecular weight is 355 g/mol. The molecule has 0 fully saturated rings. The van der Waals surface area contributed by atoms with Gasteiger partial charge in [-0.2, -0.15) is 0 Å². The molecule has 128 valence electrons. The summed E-state index contributed by atoms with van der Waals surface area (Å²) in [6.45, 7) is 2.15. The molecule has 0 saturated heterocycles. The topological polar surface area (TPSA) is 42.3 Å². The standard InChI is InChI=1S/C20H19ClN2O2/c1-14(15-7-9-16(21)10-8-15)22(2)20(25)13-23-12-11-19(24)17-5-3-4-6-18(17)23/h3-12,14H,13H2,1-2H3/t14-/m1/s1. The van der Waals surface area contributed by atoms with Crippen molar-refractivity contribution in [3.63, 3.8) is 0 Å². The van der Waals surface area contributed by atoms with Crippen LogP contribution in [0.2, 0.25) is 5.02 Å². The molecule has 0 unspecified atom stereocenters. The van der Waals surface area contributed by atoms with Crippen LogP contribution in [0.25, 0.3) is 10.9 Å². The second kappa shape index (κ2) is 7.11. The highest BCUT2D eigenvalue weighted by Crippen LogP contribution is 2.21. The number of likely N-dealkylation sites (N-methyl/N-ethyl adjacent to an activating group) is 1. The number of halogens is 1. The van der Waals surface area contributed by atoms with E-state index in [2.05, 4.69) is 0 Å². The lowest BCUT2D eigenvalue weighted by atomic mass is 10.1. The molecule has 0 saturated carbocycles. The predicted molar refractivity (Wildman–Crippen MR) is 101 cm³/mol. The Balaban J connectivity index is 1.83. The van der Waals surface area contributed by atoms with Gasteiger partial charge < -0.3 is 9.47 Å². The van der Waals surface area contributed by atoms with E-state index in [0.717, 1.165) is 11.1 Å². The van der Waals surface area contributed by atoms with Gasteiger partial charge in [0.1, 0.15) is 6.54 Å². The first kappa shape index (κ1) is 17.2. The van der Waals surface area contributed by atoms with Crippen LogP contribution in [0.1, 0.15) is 18.5 Å². The number of pyridine rings is 1. The number of rotatable bonds is 4. The molecule has 3 rings (SSSR count). The summed E-state index contributed by atoms with van der Waals surface area (Å²) in [7, 11) is 1.78. The highest BCUT2D eigenvalue weighted by Gasteiger charge is 2.18. The van der Waals surface area contributed by atoms with E-state index < -0.39 is 0 Å². The first-order valence-electron chi connectivity index (χ1n) is 8.06. The zero-order valence-corrected chi connectivity index (χ0v) is 14.9. The number of nitrogens with zero attached hydrogens (tertiary/aromatic N) is 2. The van der Waals surface area contributed by atoms with E-state index in [1.54, 1.807) is 24.2 Å². The minimum Gasteiger partial charge on any atom is -0.338 e. The molecule has 25 heavy (non-hydrogen) atoms. The van der Waals surface area contributed by atoms with Gasteiger partial charge >= 0.3 is 0 Å². The first-order valence-corrected chi connectivity index (χ1v) is 8.44. The summed E-state index contributed by atoms with van der Waals surface area (Å²) < 4.78 is 1.81. The maximum absolute atomic E-state index is 12.7. The second-order valence-electron chi connectivity index (χ2n) is 6.06. The zero-order chi connectivity index (χ0) is 18.0. The number of para-hydroxylation sites is 1. The van der Waals surface area contributed by atoms with E-state index in [0.29, 0.717) is 10.4 Å². The van der Waals surface area contributed by atoms with Crippen LogP contribution in [0.5, 0.6) is 0 Å². The van der Waals surface area contributed by atoms with Crippen LogP contribution in [0.15, 0.2) is 65.6 Å². The van der Waals surface area contributed by atoms with Crippen molar-refractivity contribution in [2.24, 2.45) is 0 Å². The first-order chi connectivity index (χ1) is 12.0. The van der Waals surface area contributed by atoms with E-state index in [9.17, 15) is 9.59 Å². The maximum atomic E-state index is 12.7. The number of hydrogen-bond acceptors (Lipinski definition) is 2. The molecule has 2 aromatic carbocycles. The Morgan fingerprint density at radius 1 is 1.12 bits per heavy atom. The maximum Gasteiger partial charge on any atom is 0.242 e. The molecule has 0 aliphatic rings. The van der Waals surface area contributed by atoms with Crippen molar-refractivity contribution in [3.05, 3.63) is 81.6 Å². The van der Waals surface area contributed by atoms with Crippen molar-refractivity contribution >= 4 is 28.4 Å². The number of aromatic nitrogens is 1. The van der Waals surface area contributed by atoms with E-state index in [1.165, 1.54) is 6.07 Å². The Kier molecular flexibility index (Phi) is 4.91. The van der Waals surface area contributed by atoms with Crippen LogP contribution >= 0.6 is 11.6 Å². The lowest BCUT2D eigenvalue weighted by Crippen LogP contribution is -2.32. The minimum absolute atomic E-state index is 0.0312. The Morgan fingerprint density at radius 2 is 1.80 bits per heavy atom. The average Bonchev–Trinajstić information content (AvgIpc) is 2.63. The van der Waals surface area contributed by atoms with Gasteiger partial charge in [0.15, 0.2) is 5.43 Å². The smallest absolute Gasteiger partial charge is 0.242 e. The van der Waals surface area contributed by atoms with Crippen molar-refractivity contribution < 1.29 is 4.79 Å². The Hall–Kier alpha value is -2.59. The third kappa shape index (κ3) is 3.59. The van der Waals surface area contributed by atoms with Gasteiger partial charge in [0.05, 0.1) is 11.6 Å². The van der Waals surface area contributed by atoms with Gasteiger partial charge in [-0.3, -0.25) is 9.59 Å². The Labute approximate surface area is 151 Å². The molecule has 1 aromatic heterocycles. The van der Waals surface area contributed by atoms with Gasteiger partial charge in [-0.15, -0.1) is 0 Å². The van der Waals surface area contributed by atoms with E-state index in [4.69, 9.17) is 11.6 Å². The lowest BCUT2D eigenvalue weighted by molar-refractivity contribution is -0.132. The van der Waals surface area contributed by atoms with Gasteiger partial charge in [-0.05, 0) is 36.8 Å². The van der Waals surface area contributed by atoms with Crippen molar-refractivity contribution in [2.75, 3.05) is 7.05 Å². The molecule has 3 aromatic rings. The van der Waals surface area contributed by atoms with Gasteiger partial charge in [0.25, 0.3) is 0 Å². The zero-order valence-electron chi connectivity index (χ0n) is 14.1. The molecule has 0 aliphatic carbocycles. The minimum atomic E-state index is -0.0737. The van der Waals surface area contributed by atoms with E-state index in [-0.39, 0.29) is 23.9 Å². The van der Waals surface area contributed by atoms with Crippen LogP contribution in [-0.2, 0) is 11.3 Å². The van der Waals surface area contributed by atoms with Gasteiger partial charge in [0, 0.05) is 29.7 Å². The fourth-order valence-electron chi connectivity index (χ4n) is 2.84. The van der Waals surface area contributed by atoms with Gasteiger partial charge in [0.2, 0.25) is 5.91 Å². The molecule has 1 atom stereocenters. The highest BCUT2D eigenvalue weighted by atomic mass is 35.5. The Morgan fingerprint density at radius 3 is 2.52 bits per heavy atom. The highest BCUT2D eigenvalue weighted by molar-refractivity contribution is 6.30. The molecule has 0 spiro atoms. The molecule has 0 radical (unpaired) electrons. The summed E-state index contributed by atoms with van der Waals surface area (Å²) in [6, 6.07) is 16.2. The lowest BCUT2D eigenvalue weighted by Gasteiger charge is -2.26. The van der Waals surface area contributed by atoms with Crippen LogP contribution < -0.4 is 5.43 Å². The van der Waals surface area contributed by atoms with Crippen molar-refractivity contribution in [2.45, 2.75) is 19.5 Å². The second-order valence-corrected chi connectivity index (χ2v) is 6.49. The summed E-state index contributed by atoms with van der Waals surface area (Å²) in [6.07, 6.45) is 1.67. The number of amides is 1. The third-order valence-corrected chi connectivity index (χ3v) is 4.77. The molecule has 4 nitrogen and oxygen atoms in total. The quantitative estimate of drug-likeness (QED) is 0.713. The summed E-state index contributed by atoms with van der Waals surface area (Å²) in [4.78, 5) is 26.4. The number of hydrogen-bond donors (Lipinski definition) is 0. The molecule has 1 amide bonds. The largest absolute Gasteiger partial charge is 0.338 e. The molecule has 1 heterocycles. The normalized spacial score (nSPS) is 12.1. The molecule has 0 bridgehead atoms. The monoisotopic (exact) mass is 354 g/mol. The summed E-state index contributed by atoms with van der Waals surface area (Å²) in [5.41, 5.74) is 1.74. The number of fused-ring (bicyclic) bond motifs is 1. The third-order valence-electron chi connectivity index (χ3n) is 4.52. The van der Waals surface area contributed by atoms with Crippen LogP contribution in [0, 0.1) is 0 Å². The van der Waals surface area contributed by atoms with E-state index >= 15 is 0 Å². The number of benzene rings is 2. The van der Waals surface area contributed by atoms with Crippen LogP contribution in [0.4, 0.5) is 0 Å². The van der Waals surface area contributed by atoms with Gasteiger partial charge in [-0.25, -0.2) is 0 Å². The van der Waals surface area contributed by atoms with Crippen LogP contribution in [-0.4, -0.2) is 22.4 Å². The Bertz CT molecular complexity index is 963. The van der Waals surface area contributed by atoms with E-state index in [1.807, 2.05) is 54.0 Å². The molecular formula is C20H19ClN2O2. The number of carbonyl (C=O) groups excluding carboxylic acids is 1.